The molecule has 0 spiro atoms. The summed E-state index contributed by atoms with van der Waals surface area (Å²) >= 11 is 12.0. The maximum atomic E-state index is 12.9. The van der Waals surface area contributed by atoms with Crippen molar-refractivity contribution in [1.82, 2.24) is 9.29 Å². The fraction of sp³-hybridized carbons (Fsp3) is 0.389. The van der Waals surface area contributed by atoms with Gasteiger partial charge in [0, 0.05) is 13.1 Å². The van der Waals surface area contributed by atoms with E-state index in [1.807, 2.05) is 0 Å². The summed E-state index contributed by atoms with van der Waals surface area (Å²) in [5.74, 6) is -0.0205. The fourth-order valence-electron chi connectivity index (χ4n) is 3.09. The third-order valence-electron chi connectivity index (χ3n) is 4.70. The van der Waals surface area contributed by atoms with Gasteiger partial charge in [0.1, 0.15) is 4.90 Å². The molecule has 3 rings (SSSR count). The maximum Gasteiger partial charge on any atom is 0.260 e. The Kier molecular flexibility index (Phi) is 6.36. The van der Waals surface area contributed by atoms with Crippen LogP contribution < -0.4 is 0 Å². The molecule has 1 fully saturated rings. The van der Waals surface area contributed by atoms with Crippen molar-refractivity contribution in [2.45, 2.75) is 35.4 Å². The summed E-state index contributed by atoms with van der Waals surface area (Å²) in [6, 6.07) is 8.77. The molecule has 1 aromatic heterocycles. The zero-order chi connectivity index (χ0) is 20.5. The largest absolute Gasteiger partial charge is 0.260 e. The highest BCUT2D eigenvalue weighted by Gasteiger charge is 2.30. The first-order valence-electron chi connectivity index (χ1n) is 8.74. The van der Waals surface area contributed by atoms with Gasteiger partial charge in [-0.15, -0.1) is 0 Å². The van der Waals surface area contributed by atoms with Crippen LogP contribution in [0.3, 0.4) is 0 Å². The number of hydrogen-bond donors (Lipinski definition) is 0. The van der Waals surface area contributed by atoms with Crippen LogP contribution in [0.1, 0.15) is 25.5 Å². The van der Waals surface area contributed by atoms with Gasteiger partial charge >= 0.3 is 0 Å². The molecule has 1 aliphatic heterocycles. The van der Waals surface area contributed by atoms with Crippen molar-refractivity contribution in [3.05, 3.63) is 52.1 Å². The highest BCUT2D eigenvalue weighted by Crippen LogP contribution is 2.31. The van der Waals surface area contributed by atoms with Crippen LogP contribution >= 0.6 is 23.2 Å². The Morgan fingerprint density at radius 3 is 2.18 bits per heavy atom. The first-order valence-corrected chi connectivity index (χ1v) is 12.6. The van der Waals surface area contributed by atoms with E-state index < -0.39 is 25.6 Å². The van der Waals surface area contributed by atoms with Crippen molar-refractivity contribution in [2.24, 2.45) is 5.92 Å². The Morgan fingerprint density at radius 2 is 1.57 bits per heavy atom. The first-order chi connectivity index (χ1) is 13.1. The summed E-state index contributed by atoms with van der Waals surface area (Å²) in [5, 5.41) is -0.127. The smallest absolute Gasteiger partial charge is 0.239 e. The molecule has 6 nitrogen and oxygen atoms in total. The minimum absolute atomic E-state index is 0.0127. The van der Waals surface area contributed by atoms with Crippen molar-refractivity contribution in [3.63, 3.8) is 0 Å². The standard InChI is InChI=1S/C18H20Cl2N2O4S2/c1-13-8-10-22(11-9-13)28(25,26)17-7-2-4-14(21-17)12-27(23,24)18-15(19)5-3-6-16(18)20/h2-7,13H,8-12H2,1H3. The SMILES string of the molecule is CC1CCN(S(=O)(=O)c2cccc(CS(=O)(=O)c3c(Cl)cccc3Cl)n2)CC1. The Hall–Kier alpha value is -1.19. The van der Waals surface area contributed by atoms with Gasteiger partial charge in [-0.3, -0.25) is 0 Å². The molecule has 0 bridgehead atoms. The lowest BCUT2D eigenvalue weighted by Gasteiger charge is -2.29. The van der Waals surface area contributed by atoms with E-state index in [2.05, 4.69) is 11.9 Å². The second-order valence-electron chi connectivity index (χ2n) is 6.86. The van der Waals surface area contributed by atoms with Crippen molar-refractivity contribution in [3.8, 4) is 0 Å². The summed E-state index contributed by atoms with van der Waals surface area (Å²) in [4.78, 5) is 3.93. The summed E-state index contributed by atoms with van der Waals surface area (Å²) in [5.41, 5.74) is 0.113. The van der Waals surface area contributed by atoms with E-state index in [0.717, 1.165) is 12.8 Å². The van der Waals surface area contributed by atoms with Crippen LogP contribution in [0.5, 0.6) is 0 Å². The summed E-state index contributed by atoms with van der Waals surface area (Å²) in [6.45, 7) is 2.96. The first kappa shape index (κ1) is 21.5. The van der Waals surface area contributed by atoms with Crippen molar-refractivity contribution in [2.75, 3.05) is 13.1 Å². The maximum absolute atomic E-state index is 12.9. The molecule has 0 radical (unpaired) electrons. The van der Waals surface area contributed by atoms with Gasteiger partial charge in [0.05, 0.1) is 21.5 Å². The zero-order valence-corrected chi connectivity index (χ0v) is 18.3. The van der Waals surface area contributed by atoms with Gasteiger partial charge in [-0.1, -0.05) is 42.3 Å². The Balaban J connectivity index is 1.90. The number of nitrogens with zero attached hydrogens (tertiary/aromatic N) is 2. The van der Waals surface area contributed by atoms with Gasteiger partial charge < -0.3 is 0 Å². The van der Waals surface area contributed by atoms with Crippen LogP contribution in [-0.4, -0.2) is 39.2 Å². The van der Waals surface area contributed by atoms with Gasteiger partial charge in [-0.2, -0.15) is 4.31 Å². The molecule has 1 saturated heterocycles. The quantitative estimate of drug-likeness (QED) is 0.674. The zero-order valence-electron chi connectivity index (χ0n) is 15.2. The average molecular weight is 463 g/mol. The molecule has 0 amide bonds. The van der Waals surface area contributed by atoms with Crippen molar-refractivity contribution in [1.29, 1.82) is 0 Å². The number of aromatic nitrogens is 1. The molecule has 28 heavy (non-hydrogen) atoms. The lowest BCUT2D eigenvalue weighted by Crippen LogP contribution is -2.38. The molecule has 1 aromatic carbocycles. The topological polar surface area (TPSA) is 84.4 Å². The number of benzene rings is 1. The van der Waals surface area contributed by atoms with Gasteiger partial charge in [-0.05, 0) is 43.0 Å². The van der Waals surface area contributed by atoms with Crippen LogP contribution in [0.25, 0.3) is 0 Å². The van der Waals surface area contributed by atoms with Gasteiger partial charge in [-0.25, -0.2) is 21.8 Å². The number of sulfone groups is 1. The van der Waals surface area contributed by atoms with Crippen molar-refractivity contribution < 1.29 is 16.8 Å². The van der Waals surface area contributed by atoms with E-state index in [1.54, 1.807) is 6.07 Å². The van der Waals surface area contributed by atoms with Crippen LogP contribution in [0, 0.1) is 5.92 Å². The monoisotopic (exact) mass is 462 g/mol. The van der Waals surface area contributed by atoms with E-state index in [4.69, 9.17) is 23.2 Å². The fourth-order valence-corrected chi connectivity index (χ4v) is 7.05. The van der Waals surface area contributed by atoms with E-state index in [-0.39, 0.29) is 25.7 Å². The molecule has 2 heterocycles. The number of hydrogen-bond acceptors (Lipinski definition) is 5. The van der Waals surface area contributed by atoms with Gasteiger partial charge in [0.25, 0.3) is 10.0 Å². The predicted octanol–water partition coefficient (Wildman–Crippen LogP) is 3.78. The second-order valence-corrected chi connectivity index (χ2v) is 11.5. The molecule has 0 aliphatic carbocycles. The summed E-state index contributed by atoms with van der Waals surface area (Å²) in [7, 11) is -7.67. The second kappa shape index (κ2) is 8.28. The third kappa shape index (κ3) is 4.52. The number of halogens is 2. The van der Waals surface area contributed by atoms with Crippen LogP contribution in [0.15, 0.2) is 46.3 Å². The molecular weight excluding hydrogens is 443 g/mol. The Morgan fingerprint density at radius 1 is 1.00 bits per heavy atom. The minimum Gasteiger partial charge on any atom is -0.239 e. The average Bonchev–Trinajstić information content (AvgIpc) is 2.61. The number of pyridine rings is 1. The molecule has 10 heteroatoms. The van der Waals surface area contributed by atoms with E-state index in [1.165, 1.54) is 34.6 Å². The van der Waals surface area contributed by atoms with Crippen molar-refractivity contribution >= 4 is 43.1 Å². The van der Waals surface area contributed by atoms with Gasteiger partial charge in [0.15, 0.2) is 14.9 Å². The lowest BCUT2D eigenvalue weighted by molar-refractivity contribution is 0.287. The van der Waals surface area contributed by atoms with Crippen LogP contribution in [-0.2, 0) is 25.6 Å². The molecular formula is C18H20Cl2N2O4S2. The van der Waals surface area contributed by atoms with E-state index in [0.29, 0.717) is 19.0 Å². The van der Waals surface area contributed by atoms with E-state index in [9.17, 15) is 16.8 Å². The number of piperidine rings is 1. The highest BCUT2D eigenvalue weighted by atomic mass is 35.5. The molecule has 0 N–H and O–H groups in total. The Bertz CT molecular complexity index is 1060. The van der Waals surface area contributed by atoms with Crippen LogP contribution in [0.4, 0.5) is 0 Å². The van der Waals surface area contributed by atoms with E-state index >= 15 is 0 Å². The Labute approximate surface area is 175 Å². The molecule has 1 aliphatic rings. The summed E-state index contributed by atoms with van der Waals surface area (Å²) < 4.78 is 52.7. The number of sulfonamides is 1. The molecule has 0 unspecified atom stereocenters. The highest BCUT2D eigenvalue weighted by molar-refractivity contribution is 7.91. The molecule has 2 aromatic rings. The molecule has 152 valence electrons. The molecule has 0 saturated carbocycles. The third-order valence-corrected chi connectivity index (χ3v) is 9.09. The molecule has 0 atom stereocenters. The van der Waals surface area contributed by atoms with Crippen LogP contribution in [0.2, 0.25) is 10.0 Å². The number of rotatable bonds is 5. The normalized spacial score (nSPS) is 17.0. The minimum atomic E-state index is -3.90. The summed E-state index contributed by atoms with van der Waals surface area (Å²) in [6.07, 6.45) is 1.58. The lowest BCUT2D eigenvalue weighted by atomic mass is 10.0. The van der Waals surface area contributed by atoms with Gasteiger partial charge in [0.2, 0.25) is 0 Å². The predicted molar refractivity (Wildman–Crippen MR) is 109 cm³/mol.